The van der Waals surface area contributed by atoms with Crippen molar-refractivity contribution in [2.75, 3.05) is 0 Å². The fourth-order valence-electron chi connectivity index (χ4n) is 0. The fraction of sp³-hybridized carbons (Fsp3) is 0. The Morgan fingerprint density at radius 2 is 0.381 bits per heavy atom. The first-order valence-corrected chi connectivity index (χ1v) is 11.4. The van der Waals surface area contributed by atoms with Crippen LogP contribution in [0.2, 0.25) is 0 Å². The molecule has 0 saturated carbocycles. The first-order chi connectivity index (χ1) is 6.00. The van der Waals surface area contributed by atoms with Gasteiger partial charge in [-0.15, -0.1) is 0 Å². The fourth-order valence-corrected chi connectivity index (χ4v) is 0. The van der Waals surface area contributed by atoms with E-state index in [0.29, 0.717) is 0 Å². The number of hydrogen-bond donors (Lipinski definition) is 0. The summed E-state index contributed by atoms with van der Waals surface area (Å²) in [5, 5.41) is 0. The summed E-state index contributed by atoms with van der Waals surface area (Å²) in [6.45, 7) is 0. The van der Waals surface area contributed by atoms with Gasteiger partial charge in [0.2, 0.25) is 0 Å². The van der Waals surface area contributed by atoms with Crippen LogP contribution in [0.25, 0.3) is 0 Å². The third kappa shape index (κ3) is 294. The number of hydrogen-bond acceptors (Lipinski definition) is 12. The summed E-state index contributed by atoms with van der Waals surface area (Å²) < 4.78 is 103. The minimum atomic E-state index is -5.88. The van der Waals surface area contributed by atoms with E-state index in [1.54, 1.807) is 0 Å². The largest absolute Gasteiger partial charge is 2.00 e. The van der Waals surface area contributed by atoms with Gasteiger partial charge in [0.1, 0.15) is 0 Å². The van der Waals surface area contributed by atoms with Gasteiger partial charge in [-0.05, 0) is 0 Å². The van der Waals surface area contributed by atoms with Crippen LogP contribution in [-0.4, -0.2) is 271 Å². The molecule has 21 heavy (non-hydrogen) atoms. The molecule has 12 nitrogen and oxygen atoms in total. The predicted octanol–water partition coefficient (Wildman–Crippen LogP) is -17.1. The summed E-state index contributed by atoms with van der Waals surface area (Å²) >= 11 is -17.6. The Bertz CT molecular complexity index is 219. The molecular weight excluding hydrogens is 874 g/mol. The monoisotopic (exact) mass is 875 g/mol. The number of halogens is 1. The van der Waals surface area contributed by atoms with Gasteiger partial charge in [-0.3, -0.25) is 0 Å². The summed E-state index contributed by atoms with van der Waals surface area (Å²) in [6.07, 6.45) is 0. The Labute approximate surface area is 313 Å². The molecule has 0 rings (SSSR count). The Kier molecular flexibility index (Phi) is 81.9. The molecule has 0 N–H and O–H groups in total. The molecule has 0 radical (unpaired) electrons. The maximum Gasteiger partial charge on any atom is 2.00 e. The second-order valence-corrected chi connectivity index (χ2v) is 6.97. The summed E-state index contributed by atoms with van der Waals surface area (Å²) in [5.41, 5.74) is 0. The van der Waals surface area contributed by atoms with Crippen molar-refractivity contribution in [3.63, 3.8) is 0 Å². The van der Waals surface area contributed by atoms with Gasteiger partial charge in [0.05, 0.1) is 0 Å². The molecule has 0 aliphatic carbocycles. The average molecular weight is 874 g/mol. The normalized spacial score (nSPS) is 8.43. The van der Waals surface area contributed by atoms with E-state index < -0.39 is 43.5 Å². The summed E-state index contributed by atoms with van der Waals surface area (Å²) in [5.74, 6) is 0. The Balaban J connectivity index is -0.0000000129. The average Bonchev–Trinajstić information content (AvgIpc) is 1.41. The quantitative estimate of drug-likeness (QED) is 0.206. The maximum absolute atomic E-state index is 8.61. The van der Waals surface area contributed by atoms with Crippen molar-refractivity contribution in [3.8, 4) is 0 Å². The first-order valence-electron chi connectivity index (χ1n) is 2.19. The molecule has 0 amide bonds. The van der Waals surface area contributed by atoms with Gasteiger partial charge in [-0.25, -0.2) is 0 Å². The molecule has 0 aromatic rings. The van der Waals surface area contributed by atoms with Crippen LogP contribution < -0.4 is 41.6 Å². The van der Waals surface area contributed by atoms with E-state index in [1.165, 1.54) is 0 Å². The van der Waals surface area contributed by atoms with Gasteiger partial charge >= 0.3 is 319 Å². The van der Waals surface area contributed by atoms with E-state index >= 15 is 0 Å². The smallest absolute Gasteiger partial charge is 1.00 e. The van der Waals surface area contributed by atoms with E-state index in [4.69, 9.17) is 48.1 Å². The van der Waals surface area contributed by atoms with E-state index in [0.717, 1.165) is 0 Å². The van der Waals surface area contributed by atoms with Crippen LogP contribution in [0, 0.1) is 0 Å². The molecule has 0 bridgehead atoms. The first kappa shape index (κ1) is 56.9. The van der Waals surface area contributed by atoms with Gasteiger partial charge in [0.25, 0.3) is 0 Å². The van der Waals surface area contributed by atoms with E-state index in [9.17, 15) is 0 Å². The van der Waals surface area contributed by atoms with Crippen molar-refractivity contribution in [2.45, 2.75) is 0 Å². The van der Waals surface area contributed by atoms with Crippen LogP contribution >= 0.6 is 0 Å². The van der Waals surface area contributed by atoms with Crippen molar-refractivity contribution in [2.24, 2.45) is 0 Å². The minimum Gasteiger partial charge on any atom is -1.00 e. The molecule has 0 heterocycles. The zero-order chi connectivity index (χ0) is 13.5. The van der Waals surface area contributed by atoms with E-state index in [1.807, 2.05) is 0 Å². The van der Waals surface area contributed by atoms with Crippen LogP contribution in [0.4, 0.5) is 0 Å². The topological polar surface area (TPSA) is 259 Å². The van der Waals surface area contributed by atoms with Crippen molar-refractivity contribution >= 4 is 271 Å². The standard InChI is InChI=1S/3AsH3O4.FH.5Sr/c3*2-1(3,4)5;;;;;;/h3*(H3,2,3,4,5);1H;;;;;/q;;;;5*+2/p-10. The SMILES string of the molecule is O=[As]([O-])([O-])[O-].O=[As]([O-])([O-])[O-].O=[As]([O-])([O-])[O-].[F-].[Sr+2].[Sr+2].[Sr+2].[Sr+2].[Sr+2]. The van der Waals surface area contributed by atoms with Gasteiger partial charge < -0.3 is 4.70 Å². The van der Waals surface area contributed by atoms with Gasteiger partial charge in [-0.1, -0.05) is 0 Å². The van der Waals surface area contributed by atoms with Gasteiger partial charge in [-0.2, -0.15) is 0 Å². The third-order valence-corrected chi connectivity index (χ3v) is 0. The summed E-state index contributed by atoms with van der Waals surface area (Å²) in [6, 6.07) is 0. The van der Waals surface area contributed by atoms with Crippen molar-refractivity contribution in [1.82, 2.24) is 0 Å². The second-order valence-electron chi connectivity index (χ2n) is 1.34. The van der Waals surface area contributed by atoms with E-state index in [2.05, 4.69) is 0 Å². The summed E-state index contributed by atoms with van der Waals surface area (Å²) in [4.78, 5) is 0. The van der Waals surface area contributed by atoms with Crippen LogP contribution in [0.15, 0.2) is 0 Å². The molecule has 0 aromatic carbocycles. The summed E-state index contributed by atoms with van der Waals surface area (Å²) in [7, 11) is 0. The Morgan fingerprint density at radius 3 is 0.381 bits per heavy atom. The molecule has 0 saturated heterocycles. The van der Waals surface area contributed by atoms with Crippen LogP contribution in [-0.2, 0) is 11.2 Å². The van der Waals surface area contributed by atoms with Crippen LogP contribution in [0.3, 0.4) is 0 Å². The van der Waals surface area contributed by atoms with Crippen molar-refractivity contribution in [1.29, 1.82) is 0 Å². The van der Waals surface area contributed by atoms with Gasteiger partial charge in [0.15, 0.2) is 0 Å². The molecule has 21 heteroatoms. The third-order valence-electron chi connectivity index (χ3n) is 0. The van der Waals surface area contributed by atoms with E-state index in [-0.39, 0.29) is 232 Å². The van der Waals surface area contributed by atoms with Crippen LogP contribution in [0.1, 0.15) is 0 Å². The molecule has 0 aromatic heterocycles. The number of rotatable bonds is 0. The molecule has 0 aliphatic rings. The second kappa shape index (κ2) is 30.2. The molecular formula is As3FO12Sr5. The Hall–Kier alpha value is 8.05. The van der Waals surface area contributed by atoms with Crippen molar-refractivity contribution in [3.05, 3.63) is 0 Å². The van der Waals surface area contributed by atoms with Gasteiger partial charge in [0, 0.05) is 0 Å². The molecule has 104 valence electrons. The van der Waals surface area contributed by atoms with Crippen molar-refractivity contribution < 1.29 is 52.8 Å². The molecule has 0 spiro atoms. The molecule has 0 atom stereocenters. The zero-order valence-corrected chi connectivity index (χ0v) is 33.2. The predicted molar refractivity (Wildman–Crippen MR) is 48.1 cm³/mol. The molecule has 0 fully saturated rings. The zero-order valence-electron chi connectivity index (χ0n) is 10.2. The molecule has 0 unspecified atom stereocenters. The van der Waals surface area contributed by atoms with Crippen LogP contribution in [0.5, 0.6) is 0 Å². The maximum atomic E-state index is 8.61. The molecule has 0 aliphatic heterocycles. The Morgan fingerprint density at radius 1 is 0.381 bits per heavy atom. The minimum absolute atomic E-state index is 0.